The summed E-state index contributed by atoms with van der Waals surface area (Å²) in [6, 6.07) is 16.3. The second-order valence-electron chi connectivity index (χ2n) is 4.98. The lowest BCUT2D eigenvalue weighted by molar-refractivity contribution is 0.264. The summed E-state index contributed by atoms with van der Waals surface area (Å²) in [7, 11) is 1.70. The summed E-state index contributed by atoms with van der Waals surface area (Å²) in [4.78, 5) is 0. The molecule has 0 bridgehead atoms. The number of aryl methyl sites for hydroxylation is 1. The van der Waals surface area contributed by atoms with Gasteiger partial charge in [0.05, 0.1) is 13.2 Å². The first-order valence-corrected chi connectivity index (χ1v) is 7.30. The number of hydrogen-bond acceptors (Lipinski definition) is 3. The molecule has 0 aliphatic carbocycles. The normalized spacial score (nSPS) is 12.0. The molecule has 0 aromatic heterocycles. The van der Waals surface area contributed by atoms with Crippen LogP contribution in [0.1, 0.15) is 24.1 Å². The first-order valence-electron chi connectivity index (χ1n) is 7.30. The highest BCUT2D eigenvalue weighted by Gasteiger charge is 2.15. The molecule has 1 N–H and O–H groups in total. The van der Waals surface area contributed by atoms with Crippen LogP contribution >= 0.6 is 0 Å². The SMILES string of the molecule is CCNC(COc1ccc(C)cc1)c1ccccc1OC. The average Bonchev–Trinajstić information content (AvgIpc) is 2.53. The predicted octanol–water partition coefficient (Wildman–Crippen LogP) is 3.73. The van der Waals surface area contributed by atoms with E-state index in [9.17, 15) is 0 Å². The molecule has 3 nitrogen and oxygen atoms in total. The number of nitrogens with one attached hydrogen (secondary N) is 1. The van der Waals surface area contributed by atoms with E-state index in [1.54, 1.807) is 7.11 Å². The van der Waals surface area contributed by atoms with E-state index in [1.165, 1.54) is 5.56 Å². The first-order chi connectivity index (χ1) is 10.2. The molecule has 1 atom stereocenters. The van der Waals surface area contributed by atoms with Crippen LogP contribution in [0.15, 0.2) is 48.5 Å². The van der Waals surface area contributed by atoms with Crippen LogP contribution in [0.3, 0.4) is 0 Å². The first kappa shape index (κ1) is 15.4. The molecule has 0 spiro atoms. The predicted molar refractivity (Wildman–Crippen MR) is 86.1 cm³/mol. The fourth-order valence-electron chi connectivity index (χ4n) is 2.27. The Kier molecular flexibility index (Phi) is 5.64. The summed E-state index contributed by atoms with van der Waals surface area (Å²) in [5.41, 5.74) is 2.35. The Morgan fingerprint density at radius 1 is 1.05 bits per heavy atom. The van der Waals surface area contributed by atoms with Crippen LogP contribution in [0.2, 0.25) is 0 Å². The van der Waals surface area contributed by atoms with Crippen LogP contribution in [0, 0.1) is 6.92 Å². The van der Waals surface area contributed by atoms with Gasteiger partial charge in [0.15, 0.2) is 0 Å². The summed E-state index contributed by atoms with van der Waals surface area (Å²) < 4.78 is 11.4. The van der Waals surface area contributed by atoms with Gasteiger partial charge in [-0.15, -0.1) is 0 Å². The maximum absolute atomic E-state index is 5.91. The average molecular weight is 285 g/mol. The Morgan fingerprint density at radius 3 is 2.43 bits per heavy atom. The van der Waals surface area contributed by atoms with Crippen LogP contribution in [-0.2, 0) is 0 Å². The standard InChI is InChI=1S/C18H23NO2/c1-4-19-17(16-7-5-6-8-18(16)20-3)13-21-15-11-9-14(2)10-12-15/h5-12,17,19H,4,13H2,1-3H3. The Labute approximate surface area is 126 Å². The summed E-state index contributed by atoms with van der Waals surface area (Å²) in [6.07, 6.45) is 0. The van der Waals surface area contributed by atoms with Crippen LogP contribution in [0.25, 0.3) is 0 Å². The molecule has 2 aromatic carbocycles. The molecule has 0 saturated heterocycles. The van der Waals surface area contributed by atoms with Gasteiger partial charge < -0.3 is 14.8 Å². The van der Waals surface area contributed by atoms with Crippen molar-refractivity contribution in [3.8, 4) is 11.5 Å². The molecule has 0 amide bonds. The zero-order chi connectivity index (χ0) is 15.1. The molecule has 0 fully saturated rings. The van der Waals surface area contributed by atoms with Gasteiger partial charge in [0, 0.05) is 5.56 Å². The van der Waals surface area contributed by atoms with Gasteiger partial charge in [-0.05, 0) is 31.7 Å². The highest BCUT2D eigenvalue weighted by molar-refractivity contribution is 5.36. The van der Waals surface area contributed by atoms with E-state index in [-0.39, 0.29) is 6.04 Å². The molecule has 0 saturated carbocycles. The summed E-state index contributed by atoms with van der Waals surface area (Å²) in [6.45, 7) is 5.60. The van der Waals surface area contributed by atoms with E-state index in [1.807, 2.05) is 30.3 Å². The monoisotopic (exact) mass is 285 g/mol. The Balaban J connectivity index is 2.10. The Morgan fingerprint density at radius 2 is 1.76 bits per heavy atom. The van der Waals surface area contributed by atoms with Crippen molar-refractivity contribution < 1.29 is 9.47 Å². The van der Waals surface area contributed by atoms with E-state index in [2.05, 4.69) is 37.4 Å². The van der Waals surface area contributed by atoms with Gasteiger partial charge in [0.1, 0.15) is 18.1 Å². The Hall–Kier alpha value is -2.00. The maximum atomic E-state index is 5.91. The largest absolute Gasteiger partial charge is 0.496 e. The van der Waals surface area contributed by atoms with Crippen molar-refractivity contribution in [3.63, 3.8) is 0 Å². The van der Waals surface area contributed by atoms with Gasteiger partial charge in [0.2, 0.25) is 0 Å². The molecule has 0 aliphatic rings. The summed E-state index contributed by atoms with van der Waals surface area (Å²) >= 11 is 0. The van der Waals surface area contributed by atoms with E-state index in [0.717, 1.165) is 23.6 Å². The number of likely N-dealkylation sites (N-methyl/N-ethyl adjacent to an activating group) is 1. The number of hydrogen-bond donors (Lipinski definition) is 1. The third-order valence-electron chi connectivity index (χ3n) is 3.40. The number of methoxy groups -OCH3 is 1. The second kappa shape index (κ2) is 7.70. The number of rotatable bonds is 7. The number of ether oxygens (including phenoxy) is 2. The highest BCUT2D eigenvalue weighted by Crippen LogP contribution is 2.25. The van der Waals surface area contributed by atoms with Gasteiger partial charge in [-0.1, -0.05) is 42.8 Å². The minimum atomic E-state index is 0.104. The Bertz CT molecular complexity index is 551. The van der Waals surface area contributed by atoms with Crippen molar-refractivity contribution in [1.82, 2.24) is 5.32 Å². The minimum absolute atomic E-state index is 0.104. The molecule has 3 heteroatoms. The molecule has 0 radical (unpaired) electrons. The molecule has 112 valence electrons. The lowest BCUT2D eigenvalue weighted by atomic mass is 10.1. The minimum Gasteiger partial charge on any atom is -0.496 e. The molecule has 2 aromatic rings. The van der Waals surface area contributed by atoms with Crippen molar-refractivity contribution >= 4 is 0 Å². The highest BCUT2D eigenvalue weighted by atomic mass is 16.5. The zero-order valence-electron chi connectivity index (χ0n) is 12.9. The molecule has 1 unspecified atom stereocenters. The van der Waals surface area contributed by atoms with Crippen molar-refractivity contribution in [2.75, 3.05) is 20.3 Å². The third kappa shape index (κ3) is 4.23. The van der Waals surface area contributed by atoms with E-state index < -0.39 is 0 Å². The number of para-hydroxylation sites is 1. The van der Waals surface area contributed by atoms with Gasteiger partial charge in [-0.2, -0.15) is 0 Å². The molecule has 2 rings (SSSR count). The smallest absolute Gasteiger partial charge is 0.123 e. The molecular weight excluding hydrogens is 262 g/mol. The van der Waals surface area contributed by atoms with Gasteiger partial charge in [-0.3, -0.25) is 0 Å². The van der Waals surface area contributed by atoms with Crippen molar-refractivity contribution in [2.24, 2.45) is 0 Å². The lowest BCUT2D eigenvalue weighted by Crippen LogP contribution is -2.27. The number of benzene rings is 2. The summed E-state index contributed by atoms with van der Waals surface area (Å²) in [5.74, 6) is 1.77. The van der Waals surface area contributed by atoms with E-state index in [4.69, 9.17) is 9.47 Å². The quantitative estimate of drug-likeness (QED) is 0.840. The van der Waals surface area contributed by atoms with Crippen molar-refractivity contribution in [1.29, 1.82) is 0 Å². The van der Waals surface area contributed by atoms with E-state index in [0.29, 0.717) is 6.61 Å². The van der Waals surface area contributed by atoms with Crippen molar-refractivity contribution in [2.45, 2.75) is 19.9 Å². The topological polar surface area (TPSA) is 30.5 Å². The zero-order valence-corrected chi connectivity index (χ0v) is 12.9. The van der Waals surface area contributed by atoms with Crippen LogP contribution in [0.4, 0.5) is 0 Å². The van der Waals surface area contributed by atoms with Crippen molar-refractivity contribution in [3.05, 3.63) is 59.7 Å². The second-order valence-corrected chi connectivity index (χ2v) is 4.98. The van der Waals surface area contributed by atoms with E-state index >= 15 is 0 Å². The van der Waals surface area contributed by atoms with Gasteiger partial charge in [0.25, 0.3) is 0 Å². The fourth-order valence-corrected chi connectivity index (χ4v) is 2.27. The molecule has 0 heterocycles. The molecular formula is C18H23NO2. The fraction of sp³-hybridized carbons (Fsp3) is 0.333. The van der Waals surface area contributed by atoms with Crippen LogP contribution in [0.5, 0.6) is 11.5 Å². The molecule has 0 aliphatic heterocycles. The van der Waals surface area contributed by atoms with Crippen LogP contribution < -0.4 is 14.8 Å². The summed E-state index contributed by atoms with van der Waals surface area (Å²) in [5, 5.41) is 3.45. The van der Waals surface area contributed by atoms with Gasteiger partial charge >= 0.3 is 0 Å². The van der Waals surface area contributed by atoms with Gasteiger partial charge in [-0.25, -0.2) is 0 Å². The third-order valence-corrected chi connectivity index (χ3v) is 3.40. The molecule has 21 heavy (non-hydrogen) atoms. The maximum Gasteiger partial charge on any atom is 0.123 e. The van der Waals surface area contributed by atoms with Crippen LogP contribution in [-0.4, -0.2) is 20.3 Å². The lowest BCUT2D eigenvalue weighted by Gasteiger charge is -2.21.